The number of nitriles is 1. The zero-order valence-electron chi connectivity index (χ0n) is 11.3. The number of carbonyl (C=O) groups is 1. The van der Waals surface area contributed by atoms with Gasteiger partial charge in [-0.05, 0) is 24.6 Å². The summed E-state index contributed by atoms with van der Waals surface area (Å²) in [5.41, 5.74) is 0.292. The van der Waals surface area contributed by atoms with Crippen molar-refractivity contribution in [2.45, 2.75) is 57.8 Å². The molecule has 3 nitrogen and oxygen atoms in total. The largest absolute Gasteiger partial charge is 0.413 e. The second kappa shape index (κ2) is 4.75. The van der Waals surface area contributed by atoms with Gasteiger partial charge in [-0.1, -0.05) is 26.8 Å². The summed E-state index contributed by atoms with van der Waals surface area (Å²) in [6.07, 6.45) is 2.71. The van der Waals surface area contributed by atoms with E-state index in [1.165, 1.54) is 0 Å². The zero-order chi connectivity index (χ0) is 13.3. The molecule has 1 aliphatic rings. The van der Waals surface area contributed by atoms with Crippen LogP contribution in [0.5, 0.6) is 0 Å². The Morgan fingerprint density at radius 3 is 2.47 bits per heavy atom. The molecule has 0 aliphatic heterocycles. The molecule has 0 heterocycles. The van der Waals surface area contributed by atoms with Crippen molar-refractivity contribution < 1.29 is 9.22 Å². The Hall–Kier alpha value is -0.923. The molecule has 0 amide bonds. The molecule has 94 valence electrons. The van der Waals surface area contributed by atoms with Crippen molar-refractivity contribution in [1.29, 1.82) is 5.26 Å². The summed E-state index contributed by atoms with van der Waals surface area (Å²) in [6.45, 7) is 10.9. The highest BCUT2D eigenvalue weighted by molar-refractivity contribution is 6.74. The number of nitrogens with zero attached hydrogens (tertiary/aromatic N) is 1. The van der Waals surface area contributed by atoms with E-state index in [4.69, 9.17) is 9.69 Å². The summed E-state index contributed by atoms with van der Waals surface area (Å²) in [4.78, 5) is 11.6. The van der Waals surface area contributed by atoms with E-state index in [1.54, 1.807) is 6.08 Å². The van der Waals surface area contributed by atoms with E-state index in [-0.39, 0.29) is 16.9 Å². The molecule has 0 radical (unpaired) electrons. The van der Waals surface area contributed by atoms with Crippen molar-refractivity contribution in [1.82, 2.24) is 0 Å². The second-order valence-corrected chi connectivity index (χ2v) is 10.8. The van der Waals surface area contributed by atoms with E-state index < -0.39 is 8.32 Å². The van der Waals surface area contributed by atoms with Crippen molar-refractivity contribution in [3.05, 3.63) is 11.6 Å². The Kier molecular flexibility index (Phi) is 3.95. The predicted molar refractivity (Wildman–Crippen MR) is 70.0 cm³/mol. The lowest BCUT2D eigenvalue weighted by Gasteiger charge is -2.39. The lowest BCUT2D eigenvalue weighted by Crippen LogP contribution is -2.44. The number of Topliss-reactive ketones (excluding diaryl/α,β-unsaturated/α-hetero) is 1. The first-order valence-corrected chi connectivity index (χ1v) is 8.89. The van der Waals surface area contributed by atoms with Gasteiger partial charge in [0.05, 0.1) is 11.7 Å². The topological polar surface area (TPSA) is 50.1 Å². The number of hydrogen-bond acceptors (Lipinski definition) is 3. The first kappa shape index (κ1) is 14.1. The highest BCUT2D eigenvalue weighted by Crippen LogP contribution is 2.38. The van der Waals surface area contributed by atoms with Gasteiger partial charge in [-0.15, -0.1) is 0 Å². The van der Waals surface area contributed by atoms with Crippen LogP contribution in [-0.4, -0.2) is 20.2 Å². The number of hydrogen-bond donors (Lipinski definition) is 0. The van der Waals surface area contributed by atoms with Gasteiger partial charge in [-0.25, -0.2) is 0 Å². The Balaban J connectivity index is 2.72. The summed E-state index contributed by atoms with van der Waals surface area (Å²) in [7, 11) is -1.82. The fourth-order valence-electron chi connectivity index (χ4n) is 1.55. The third kappa shape index (κ3) is 3.27. The lowest BCUT2D eigenvalue weighted by molar-refractivity contribution is -0.117. The van der Waals surface area contributed by atoms with Crippen molar-refractivity contribution in [2.24, 2.45) is 0 Å². The molecule has 17 heavy (non-hydrogen) atoms. The summed E-state index contributed by atoms with van der Waals surface area (Å²) in [5.74, 6) is -0.0811. The van der Waals surface area contributed by atoms with Crippen LogP contribution in [0.4, 0.5) is 0 Å². The van der Waals surface area contributed by atoms with Crippen LogP contribution in [-0.2, 0) is 9.22 Å². The fraction of sp³-hybridized carbons (Fsp3) is 0.692. The molecule has 0 bridgehead atoms. The summed E-state index contributed by atoms with van der Waals surface area (Å²) >= 11 is 0. The molecule has 0 spiro atoms. The zero-order valence-corrected chi connectivity index (χ0v) is 12.3. The van der Waals surface area contributed by atoms with E-state index in [0.717, 1.165) is 0 Å². The van der Waals surface area contributed by atoms with Crippen LogP contribution in [0.25, 0.3) is 0 Å². The number of carbonyl (C=O) groups excluding carboxylic acids is 1. The van der Waals surface area contributed by atoms with Gasteiger partial charge >= 0.3 is 0 Å². The van der Waals surface area contributed by atoms with Crippen molar-refractivity contribution >= 4 is 14.1 Å². The average Bonchev–Trinajstić information content (AvgIpc) is 2.15. The molecule has 4 heteroatoms. The highest BCUT2D eigenvalue weighted by atomic mass is 28.4. The predicted octanol–water partition coefficient (Wildman–Crippen LogP) is 3.19. The molecule has 1 atom stereocenters. The molecular formula is C13H21NO2Si. The van der Waals surface area contributed by atoms with Gasteiger partial charge in [-0.3, -0.25) is 4.79 Å². The van der Waals surface area contributed by atoms with E-state index >= 15 is 0 Å². The third-order valence-electron chi connectivity index (χ3n) is 3.69. The lowest BCUT2D eigenvalue weighted by atomic mass is 9.97. The number of rotatable bonds is 2. The van der Waals surface area contributed by atoms with Crippen LogP contribution in [0.3, 0.4) is 0 Å². The molecule has 0 unspecified atom stereocenters. The van der Waals surface area contributed by atoms with Gasteiger partial charge in [0.15, 0.2) is 14.1 Å². The van der Waals surface area contributed by atoms with Crippen LogP contribution >= 0.6 is 0 Å². The molecule has 0 aromatic carbocycles. The number of ketones is 1. The smallest absolute Gasteiger partial charge is 0.192 e. The molecule has 0 N–H and O–H groups in total. The van der Waals surface area contributed by atoms with Gasteiger partial charge < -0.3 is 4.43 Å². The minimum Gasteiger partial charge on any atom is -0.413 e. The highest BCUT2D eigenvalue weighted by Gasteiger charge is 2.40. The Labute approximate surface area is 105 Å². The Morgan fingerprint density at radius 2 is 2.06 bits per heavy atom. The van der Waals surface area contributed by atoms with Crippen LogP contribution < -0.4 is 0 Å². The quantitative estimate of drug-likeness (QED) is 0.708. The molecule has 0 saturated carbocycles. The standard InChI is InChI=1S/C13H21NO2Si/c1-13(2,3)17(4,5)16-11-7-6-10(9-14)12(15)8-11/h6,11H,7-8H2,1-5H3/t11-/m0/s1. The van der Waals surface area contributed by atoms with Crippen LogP contribution in [0.15, 0.2) is 11.6 Å². The number of allylic oxidation sites excluding steroid dienone is 1. The first-order valence-electron chi connectivity index (χ1n) is 5.98. The monoisotopic (exact) mass is 251 g/mol. The van der Waals surface area contributed by atoms with E-state index in [2.05, 4.69) is 33.9 Å². The van der Waals surface area contributed by atoms with Gasteiger partial charge in [0.1, 0.15) is 6.07 Å². The fourth-order valence-corrected chi connectivity index (χ4v) is 2.92. The maximum atomic E-state index is 11.6. The molecule has 0 saturated heterocycles. The van der Waals surface area contributed by atoms with E-state index in [9.17, 15) is 4.79 Å². The van der Waals surface area contributed by atoms with Crippen LogP contribution in [0.1, 0.15) is 33.6 Å². The van der Waals surface area contributed by atoms with Crippen LogP contribution in [0.2, 0.25) is 18.1 Å². The van der Waals surface area contributed by atoms with E-state index in [0.29, 0.717) is 18.4 Å². The van der Waals surface area contributed by atoms with Gasteiger partial charge in [-0.2, -0.15) is 5.26 Å². The summed E-state index contributed by atoms with van der Waals surface area (Å²) < 4.78 is 6.17. The average molecular weight is 251 g/mol. The minimum absolute atomic E-state index is 0.0412. The van der Waals surface area contributed by atoms with Crippen molar-refractivity contribution in [3.8, 4) is 6.07 Å². The van der Waals surface area contributed by atoms with Gasteiger partial charge in [0.25, 0.3) is 0 Å². The third-order valence-corrected chi connectivity index (χ3v) is 8.22. The van der Waals surface area contributed by atoms with Gasteiger partial charge in [0, 0.05) is 6.42 Å². The van der Waals surface area contributed by atoms with Gasteiger partial charge in [0.2, 0.25) is 0 Å². The summed E-state index contributed by atoms with van der Waals surface area (Å²) in [5, 5.41) is 8.89. The summed E-state index contributed by atoms with van der Waals surface area (Å²) in [6, 6.07) is 1.93. The SMILES string of the molecule is CC(C)(C)[Si](C)(C)O[C@H]1CC=C(C#N)C(=O)C1. The molecule has 0 aromatic rings. The maximum absolute atomic E-state index is 11.6. The Bertz CT molecular complexity index is 385. The Morgan fingerprint density at radius 1 is 1.47 bits per heavy atom. The molecule has 1 rings (SSSR count). The maximum Gasteiger partial charge on any atom is 0.192 e. The molecule has 0 aromatic heterocycles. The molecular weight excluding hydrogens is 230 g/mol. The minimum atomic E-state index is -1.82. The normalized spacial score (nSPS) is 22.0. The molecule has 0 fully saturated rings. The second-order valence-electron chi connectivity index (χ2n) is 6.09. The van der Waals surface area contributed by atoms with E-state index in [1.807, 2.05) is 6.07 Å². The molecule has 1 aliphatic carbocycles. The first-order chi connectivity index (χ1) is 7.67. The van der Waals surface area contributed by atoms with Crippen molar-refractivity contribution in [2.75, 3.05) is 0 Å². The van der Waals surface area contributed by atoms with Crippen molar-refractivity contribution in [3.63, 3.8) is 0 Å². The van der Waals surface area contributed by atoms with Crippen LogP contribution in [0, 0.1) is 11.3 Å².